The SMILES string of the molecule is O=C(Nc1cccnc1)c1ccc(CN2CCCC2=O)cc1. The van der Waals surface area contributed by atoms with Crippen LogP contribution in [0.1, 0.15) is 28.8 Å². The van der Waals surface area contributed by atoms with Gasteiger partial charge in [0.15, 0.2) is 0 Å². The molecule has 5 heteroatoms. The van der Waals surface area contributed by atoms with Crippen LogP contribution in [0.5, 0.6) is 0 Å². The van der Waals surface area contributed by atoms with Crippen LogP contribution in [0.15, 0.2) is 48.8 Å². The minimum Gasteiger partial charge on any atom is -0.338 e. The predicted octanol–water partition coefficient (Wildman–Crippen LogP) is 2.46. The van der Waals surface area contributed by atoms with Gasteiger partial charge in [-0.3, -0.25) is 14.6 Å². The summed E-state index contributed by atoms with van der Waals surface area (Å²) in [6.45, 7) is 1.44. The number of benzene rings is 1. The normalized spacial score (nSPS) is 14.2. The van der Waals surface area contributed by atoms with E-state index in [0.717, 1.165) is 18.5 Å². The first-order chi connectivity index (χ1) is 10.7. The molecule has 1 aromatic carbocycles. The van der Waals surface area contributed by atoms with E-state index in [9.17, 15) is 9.59 Å². The van der Waals surface area contributed by atoms with Crippen molar-refractivity contribution in [1.29, 1.82) is 0 Å². The zero-order valence-corrected chi connectivity index (χ0v) is 12.2. The van der Waals surface area contributed by atoms with E-state index in [4.69, 9.17) is 0 Å². The molecule has 0 spiro atoms. The number of hydrogen-bond acceptors (Lipinski definition) is 3. The average Bonchev–Trinajstić information content (AvgIpc) is 2.94. The van der Waals surface area contributed by atoms with Crippen molar-refractivity contribution in [3.63, 3.8) is 0 Å². The minimum absolute atomic E-state index is 0.170. The highest BCUT2D eigenvalue weighted by atomic mass is 16.2. The van der Waals surface area contributed by atoms with Crippen molar-refractivity contribution >= 4 is 17.5 Å². The van der Waals surface area contributed by atoms with E-state index in [1.807, 2.05) is 17.0 Å². The monoisotopic (exact) mass is 295 g/mol. The van der Waals surface area contributed by atoms with E-state index in [0.29, 0.717) is 24.2 Å². The van der Waals surface area contributed by atoms with Crippen molar-refractivity contribution in [3.05, 3.63) is 59.9 Å². The molecule has 1 N–H and O–H groups in total. The maximum atomic E-state index is 12.1. The number of nitrogens with one attached hydrogen (secondary N) is 1. The number of likely N-dealkylation sites (tertiary alicyclic amines) is 1. The Morgan fingerprint density at radius 3 is 2.68 bits per heavy atom. The summed E-state index contributed by atoms with van der Waals surface area (Å²) < 4.78 is 0. The van der Waals surface area contributed by atoms with Crippen molar-refractivity contribution in [1.82, 2.24) is 9.88 Å². The zero-order chi connectivity index (χ0) is 15.4. The number of carbonyl (C=O) groups is 2. The summed E-state index contributed by atoms with van der Waals surface area (Å²) in [5, 5.41) is 2.79. The van der Waals surface area contributed by atoms with E-state index < -0.39 is 0 Å². The third-order valence-electron chi connectivity index (χ3n) is 3.68. The fourth-order valence-electron chi connectivity index (χ4n) is 2.49. The van der Waals surface area contributed by atoms with E-state index in [-0.39, 0.29) is 11.8 Å². The van der Waals surface area contributed by atoms with Gasteiger partial charge in [0.1, 0.15) is 0 Å². The Bertz CT molecular complexity index is 668. The molecule has 0 saturated carbocycles. The second-order valence-corrected chi connectivity index (χ2v) is 5.31. The van der Waals surface area contributed by atoms with Gasteiger partial charge >= 0.3 is 0 Å². The molecule has 0 radical (unpaired) electrons. The maximum absolute atomic E-state index is 12.1. The first-order valence-corrected chi connectivity index (χ1v) is 7.30. The summed E-state index contributed by atoms with van der Waals surface area (Å²) >= 11 is 0. The molecule has 1 aliphatic rings. The number of aromatic nitrogens is 1. The molecule has 0 atom stereocenters. The summed E-state index contributed by atoms with van der Waals surface area (Å²) in [5.74, 6) is 0.0372. The lowest BCUT2D eigenvalue weighted by Gasteiger charge is -2.15. The van der Waals surface area contributed by atoms with E-state index in [1.54, 1.807) is 36.7 Å². The van der Waals surface area contributed by atoms with Crippen LogP contribution in [-0.4, -0.2) is 28.2 Å². The maximum Gasteiger partial charge on any atom is 0.255 e. The number of hydrogen-bond donors (Lipinski definition) is 1. The summed E-state index contributed by atoms with van der Waals surface area (Å²) in [6.07, 6.45) is 4.84. The van der Waals surface area contributed by atoms with E-state index in [2.05, 4.69) is 10.3 Å². The second-order valence-electron chi connectivity index (χ2n) is 5.31. The number of rotatable bonds is 4. The van der Waals surface area contributed by atoms with E-state index >= 15 is 0 Å². The quantitative estimate of drug-likeness (QED) is 0.942. The van der Waals surface area contributed by atoms with Crippen LogP contribution >= 0.6 is 0 Å². The summed E-state index contributed by atoms with van der Waals surface area (Å²) in [5.41, 5.74) is 2.28. The van der Waals surface area contributed by atoms with Crippen LogP contribution in [0.2, 0.25) is 0 Å². The molecule has 1 aliphatic heterocycles. The Balaban J connectivity index is 1.63. The Labute approximate surface area is 129 Å². The van der Waals surface area contributed by atoms with E-state index in [1.165, 1.54) is 0 Å². The van der Waals surface area contributed by atoms with Crippen LogP contribution in [0, 0.1) is 0 Å². The molecule has 2 amide bonds. The average molecular weight is 295 g/mol. The first-order valence-electron chi connectivity index (χ1n) is 7.30. The molecule has 112 valence electrons. The lowest BCUT2D eigenvalue weighted by Crippen LogP contribution is -2.23. The van der Waals surface area contributed by atoms with Gasteiger partial charge in [0.05, 0.1) is 11.9 Å². The molecule has 1 fully saturated rings. The molecule has 0 aliphatic carbocycles. The Morgan fingerprint density at radius 2 is 2.05 bits per heavy atom. The summed E-state index contributed by atoms with van der Waals surface area (Å²) in [6, 6.07) is 10.9. The molecule has 2 heterocycles. The third kappa shape index (κ3) is 3.31. The number of anilines is 1. The zero-order valence-electron chi connectivity index (χ0n) is 12.2. The fourth-order valence-corrected chi connectivity index (χ4v) is 2.49. The smallest absolute Gasteiger partial charge is 0.255 e. The van der Waals surface area contributed by atoms with Gasteiger partial charge in [0.2, 0.25) is 5.91 Å². The molecule has 0 unspecified atom stereocenters. The van der Waals surface area contributed by atoms with Gasteiger partial charge in [0, 0.05) is 31.3 Å². The van der Waals surface area contributed by atoms with Crippen LogP contribution in [-0.2, 0) is 11.3 Å². The molecule has 1 saturated heterocycles. The predicted molar refractivity (Wildman–Crippen MR) is 83.3 cm³/mol. The number of carbonyl (C=O) groups excluding carboxylic acids is 2. The van der Waals surface area contributed by atoms with Crippen molar-refractivity contribution in [3.8, 4) is 0 Å². The topological polar surface area (TPSA) is 62.3 Å². The van der Waals surface area contributed by atoms with Gasteiger partial charge in [-0.05, 0) is 36.2 Å². The van der Waals surface area contributed by atoms with Gasteiger partial charge in [-0.2, -0.15) is 0 Å². The second kappa shape index (κ2) is 6.39. The highest BCUT2D eigenvalue weighted by Gasteiger charge is 2.19. The largest absolute Gasteiger partial charge is 0.338 e. The molecule has 3 rings (SSSR count). The van der Waals surface area contributed by atoms with Crippen LogP contribution in [0.3, 0.4) is 0 Å². The van der Waals surface area contributed by atoms with Crippen molar-refractivity contribution in [2.45, 2.75) is 19.4 Å². The highest BCUT2D eigenvalue weighted by Crippen LogP contribution is 2.15. The fraction of sp³-hybridized carbons (Fsp3) is 0.235. The summed E-state index contributed by atoms with van der Waals surface area (Å²) in [7, 11) is 0. The number of nitrogens with zero attached hydrogens (tertiary/aromatic N) is 2. The van der Waals surface area contributed by atoms with Crippen molar-refractivity contribution < 1.29 is 9.59 Å². The highest BCUT2D eigenvalue weighted by molar-refractivity contribution is 6.04. The summed E-state index contributed by atoms with van der Waals surface area (Å²) in [4.78, 5) is 29.5. The van der Waals surface area contributed by atoms with Gasteiger partial charge < -0.3 is 10.2 Å². The lowest BCUT2D eigenvalue weighted by atomic mass is 10.1. The van der Waals surface area contributed by atoms with Crippen molar-refractivity contribution in [2.24, 2.45) is 0 Å². The lowest BCUT2D eigenvalue weighted by molar-refractivity contribution is -0.128. The minimum atomic E-state index is -0.170. The van der Waals surface area contributed by atoms with Gasteiger partial charge in [0.25, 0.3) is 5.91 Å². The Hall–Kier alpha value is -2.69. The van der Waals surface area contributed by atoms with Crippen LogP contribution < -0.4 is 5.32 Å². The van der Waals surface area contributed by atoms with Gasteiger partial charge in [-0.25, -0.2) is 0 Å². The molecule has 0 bridgehead atoms. The van der Waals surface area contributed by atoms with Crippen molar-refractivity contribution in [2.75, 3.05) is 11.9 Å². The van der Waals surface area contributed by atoms with Gasteiger partial charge in [-0.1, -0.05) is 12.1 Å². The van der Waals surface area contributed by atoms with Crippen LogP contribution in [0.25, 0.3) is 0 Å². The first kappa shape index (κ1) is 14.3. The molecule has 2 aromatic rings. The van der Waals surface area contributed by atoms with Crippen LogP contribution in [0.4, 0.5) is 5.69 Å². The molecule has 1 aromatic heterocycles. The molecule has 22 heavy (non-hydrogen) atoms. The molecular weight excluding hydrogens is 278 g/mol. The Morgan fingerprint density at radius 1 is 1.23 bits per heavy atom. The standard InChI is InChI=1S/C17H17N3O2/c21-16-4-2-10-20(16)12-13-5-7-14(8-6-13)17(22)19-15-3-1-9-18-11-15/h1,3,5-9,11H,2,4,10,12H2,(H,19,22). The van der Waals surface area contributed by atoms with Gasteiger partial charge in [-0.15, -0.1) is 0 Å². The molecular formula is C17H17N3O2. The molecule has 5 nitrogen and oxygen atoms in total. The Kier molecular flexibility index (Phi) is 4.14. The number of amides is 2. The number of pyridine rings is 1. The third-order valence-corrected chi connectivity index (χ3v) is 3.68.